The molecule has 0 saturated heterocycles. The van der Waals surface area contributed by atoms with Crippen molar-refractivity contribution >= 4 is 12.2 Å². The van der Waals surface area contributed by atoms with Gasteiger partial charge in [-0.3, -0.25) is 0 Å². The SMILES string of the molecule is CC=C(C)C(O)c1ccc(/C=C\c2ccc(CN)o2)o1. The second-order valence-electron chi connectivity index (χ2n) is 4.52. The quantitative estimate of drug-likeness (QED) is 0.818. The summed E-state index contributed by atoms with van der Waals surface area (Å²) in [6.45, 7) is 4.13. The van der Waals surface area contributed by atoms with Crippen LogP contribution in [0.4, 0.5) is 0 Å². The minimum atomic E-state index is -0.699. The van der Waals surface area contributed by atoms with Crippen LogP contribution in [-0.4, -0.2) is 5.11 Å². The van der Waals surface area contributed by atoms with Crippen molar-refractivity contribution in [1.82, 2.24) is 0 Å². The van der Waals surface area contributed by atoms with E-state index >= 15 is 0 Å². The Hall–Kier alpha value is -2.04. The predicted octanol–water partition coefficient (Wildman–Crippen LogP) is 3.50. The second kappa shape index (κ2) is 6.41. The number of aliphatic hydroxyl groups excluding tert-OH is 1. The predicted molar refractivity (Wildman–Crippen MR) is 78.6 cm³/mol. The summed E-state index contributed by atoms with van der Waals surface area (Å²) in [4.78, 5) is 0. The lowest BCUT2D eigenvalue weighted by atomic mass is 10.1. The Balaban J connectivity index is 2.09. The van der Waals surface area contributed by atoms with Crippen molar-refractivity contribution in [3.05, 3.63) is 59.0 Å². The van der Waals surface area contributed by atoms with E-state index in [1.54, 1.807) is 18.2 Å². The summed E-state index contributed by atoms with van der Waals surface area (Å²) in [5.74, 6) is 2.65. The number of aliphatic hydroxyl groups is 1. The van der Waals surface area contributed by atoms with Crippen molar-refractivity contribution in [2.45, 2.75) is 26.5 Å². The average molecular weight is 273 g/mol. The average Bonchev–Trinajstić information content (AvgIpc) is 3.12. The Kier molecular flexibility index (Phi) is 4.61. The van der Waals surface area contributed by atoms with Crippen LogP contribution in [0.5, 0.6) is 0 Å². The van der Waals surface area contributed by atoms with Crippen LogP contribution in [0, 0.1) is 0 Å². The lowest BCUT2D eigenvalue weighted by Gasteiger charge is -2.06. The number of hydrogen-bond acceptors (Lipinski definition) is 4. The molecule has 0 aromatic carbocycles. The number of nitrogens with two attached hydrogens (primary N) is 1. The third-order valence-electron chi connectivity index (χ3n) is 3.10. The van der Waals surface area contributed by atoms with Crippen molar-refractivity contribution in [1.29, 1.82) is 0 Å². The normalized spacial score (nSPS) is 14.1. The summed E-state index contributed by atoms with van der Waals surface area (Å²) >= 11 is 0. The van der Waals surface area contributed by atoms with Crippen LogP contribution in [0.15, 0.2) is 44.7 Å². The van der Waals surface area contributed by atoms with E-state index in [4.69, 9.17) is 14.6 Å². The van der Waals surface area contributed by atoms with E-state index in [1.165, 1.54) is 0 Å². The van der Waals surface area contributed by atoms with Gasteiger partial charge in [-0.1, -0.05) is 6.08 Å². The smallest absolute Gasteiger partial charge is 0.137 e. The van der Waals surface area contributed by atoms with Gasteiger partial charge >= 0.3 is 0 Å². The highest BCUT2D eigenvalue weighted by molar-refractivity contribution is 5.64. The molecular weight excluding hydrogens is 254 g/mol. The molecule has 4 heteroatoms. The van der Waals surface area contributed by atoms with E-state index in [0.717, 1.165) is 11.3 Å². The summed E-state index contributed by atoms with van der Waals surface area (Å²) in [5, 5.41) is 10.0. The molecule has 0 fully saturated rings. The van der Waals surface area contributed by atoms with E-state index in [0.29, 0.717) is 23.8 Å². The maximum atomic E-state index is 10.0. The van der Waals surface area contributed by atoms with Gasteiger partial charge in [0.25, 0.3) is 0 Å². The molecule has 4 nitrogen and oxygen atoms in total. The van der Waals surface area contributed by atoms with E-state index in [1.807, 2.05) is 38.1 Å². The van der Waals surface area contributed by atoms with Gasteiger partial charge in [0, 0.05) is 0 Å². The molecule has 0 aliphatic heterocycles. The third kappa shape index (κ3) is 3.29. The molecule has 0 bridgehead atoms. The van der Waals surface area contributed by atoms with Crippen LogP contribution in [0.1, 0.15) is 43.0 Å². The summed E-state index contributed by atoms with van der Waals surface area (Å²) in [6.07, 6.45) is 4.76. The lowest BCUT2D eigenvalue weighted by molar-refractivity contribution is 0.184. The van der Waals surface area contributed by atoms with Crippen molar-refractivity contribution in [2.24, 2.45) is 5.73 Å². The highest BCUT2D eigenvalue weighted by Crippen LogP contribution is 2.24. The molecule has 20 heavy (non-hydrogen) atoms. The Bertz CT molecular complexity index is 619. The first kappa shape index (κ1) is 14.4. The summed E-state index contributed by atoms with van der Waals surface area (Å²) < 4.78 is 11.0. The van der Waals surface area contributed by atoms with Gasteiger partial charge in [0.15, 0.2) is 0 Å². The Morgan fingerprint density at radius 2 is 1.85 bits per heavy atom. The first-order valence-corrected chi connectivity index (χ1v) is 6.51. The molecule has 2 heterocycles. The summed E-state index contributed by atoms with van der Waals surface area (Å²) in [5.41, 5.74) is 6.33. The van der Waals surface area contributed by atoms with Gasteiger partial charge < -0.3 is 19.7 Å². The van der Waals surface area contributed by atoms with Gasteiger partial charge in [0.05, 0.1) is 6.54 Å². The molecular formula is C16H19NO3. The summed E-state index contributed by atoms with van der Waals surface area (Å²) in [7, 11) is 0. The van der Waals surface area contributed by atoms with E-state index < -0.39 is 6.10 Å². The molecule has 1 unspecified atom stereocenters. The van der Waals surface area contributed by atoms with Crippen molar-refractivity contribution in [3.8, 4) is 0 Å². The Morgan fingerprint density at radius 1 is 1.20 bits per heavy atom. The molecule has 0 saturated carbocycles. The molecule has 2 aromatic heterocycles. The van der Waals surface area contributed by atoms with E-state index in [-0.39, 0.29) is 0 Å². The fourth-order valence-electron chi connectivity index (χ4n) is 1.75. The highest BCUT2D eigenvalue weighted by atomic mass is 16.4. The highest BCUT2D eigenvalue weighted by Gasteiger charge is 2.12. The topological polar surface area (TPSA) is 72.5 Å². The molecule has 0 amide bonds. The number of allylic oxidation sites excluding steroid dienone is 1. The zero-order chi connectivity index (χ0) is 14.5. The minimum absolute atomic E-state index is 0.383. The number of furan rings is 2. The van der Waals surface area contributed by atoms with Gasteiger partial charge in [0.2, 0.25) is 0 Å². The zero-order valence-electron chi connectivity index (χ0n) is 11.7. The zero-order valence-corrected chi connectivity index (χ0v) is 11.7. The van der Waals surface area contributed by atoms with Crippen molar-refractivity contribution < 1.29 is 13.9 Å². The maximum absolute atomic E-state index is 10.0. The van der Waals surface area contributed by atoms with Crippen LogP contribution in [0.3, 0.4) is 0 Å². The molecule has 106 valence electrons. The molecule has 3 N–H and O–H groups in total. The van der Waals surface area contributed by atoms with Crippen LogP contribution < -0.4 is 5.73 Å². The van der Waals surface area contributed by atoms with Crippen LogP contribution in [-0.2, 0) is 6.54 Å². The number of rotatable bonds is 5. The molecule has 2 rings (SSSR count). The van der Waals surface area contributed by atoms with Gasteiger partial charge in [-0.05, 0) is 55.8 Å². The van der Waals surface area contributed by atoms with Crippen LogP contribution in [0.2, 0.25) is 0 Å². The molecule has 0 aliphatic rings. The fourth-order valence-corrected chi connectivity index (χ4v) is 1.75. The first-order chi connectivity index (χ1) is 9.63. The lowest BCUT2D eigenvalue weighted by Crippen LogP contribution is -1.96. The van der Waals surface area contributed by atoms with Gasteiger partial charge in [0.1, 0.15) is 29.1 Å². The second-order valence-corrected chi connectivity index (χ2v) is 4.52. The van der Waals surface area contributed by atoms with Gasteiger partial charge in [-0.2, -0.15) is 0 Å². The molecule has 2 aromatic rings. The molecule has 0 aliphatic carbocycles. The Labute approximate surface area is 118 Å². The first-order valence-electron chi connectivity index (χ1n) is 6.51. The van der Waals surface area contributed by atoms with Crippen molar-refractivity contribution in [2.75, 3.05) is 0 Å². The largest absolute Gasteiger partial charge is 0.460 e. The van der Waals surface area contributed by atoms with E-state index in [9.17, 15) is 5.11 Å². The van der Waals surface area contributed by atoms with Crippen LogP contribution >= 0.6 is 0 Å². The third-order valence-corrected chi connectivity index (χ3v) is 3.10. The molecule has 0 radical (unpaired) electrons. The minimum Gasteiger partial charge on any atom is -0.460 e. The monoisotopic (exact) mass is 273 g/mol. The maximum Gasteiger partial charge on any atom is 0.137 e. The van der Waals surface area contributed by atoms with Gasteiger partial charge in [-0.25, -0.2) is 0 Å². The standard InChI is InChI=1S/C16H19NO3/c1-3-11(2)16(18)15-9-8-13(20-15)5-4-12-6-7-14(10-17)19-12/h3-9,16,18H,10,17H2,1-2H3/b5-4-,11-3?. The molecule has 1 atom stereocenters. The Morgan fingerprint density at radius 3 is 2.45 bits per heavy atom. The van der Waals surface area contributed by atoms with Crippen LogP contribution in [0.25, 0.3) is 12.2 Å². The summed E-state index contributed by atoms with van der Waals surface area (Å²) in [6, 6.07) is 7.27. The fraction of sp³-hybridized carbons (Fsp3) is 0.250. The molecule has 0 spiro atoms. The van der Waals surface area contributed by atoms with E-state index in [2.05, 4.69) is 0 Å². The van der Waals surface area contributed by atoms with Crippen molar-refractivity contribution in [3.63, 3.8) is 0 Å². The van der Waals surface area contributed by atoms with Gasteiger partial charge in [-0.15, -0.1) is 0 Å². The number of hydrogen-bond donors (Lipinski definition) is 2.